The molecule has 0 aromatic carbocycles. The number of aryl methyl sites for hydroxylation is 1. The second-order valence-corrected chi connectivity index (χ2v) is 9.11. The van der Waals surface area contributed by atoms with Crippen LogP contribution in [-0.2, 0) is 24.3 Å². The van der Waals surface area contributed by atoms with Crippen molar-refractivity contribution in [3.05, 3.63) is 50.0 Å². The van der Waals surface area contributed by atoms with E-state index < -0.39 is 16.7 Å². The van der Waals surface area contributed by atoms with Crippen LogP contribution in [0.1, 0.15) is 26.6 Å². The van der Waals surface area contributed by atoms with Gasteiger partial charge in [0.25, 0.3) is 5.56 Å². The second kappa shape index (κ2) is 8.19. The Morgan fingerprint density at radius 3 is 2.47 bits per heavy atom. The van der Waals surface area contributed by atoms with Gasteiger partial charge < -0.3 is 5.32 Å². The lowest BCUT2D eigenvalue weighted by Gasteiger charge is -2.19. The summed E-state index contributed by atoms with van der Waals surface area (Å²) in [7, 11) is 2.95. The van der Waals surface area contributed by atoms with E-state index in [-0.39, 0.29) is 22.7 Å². The number of anilines is 1. The predicted octanol–water partition coefficient (Wildman–Crippen LogP) is 2.10. The molecule has 1 N–H and O–H groups in total. The number of fused-ring (bicyclic) bond motifs is 1. The Kier molecular flexibility index (Phi) is 6.00. The highest BCUT2D eigenvalue weighted by Crippen LogP contribution is 2.27. The molecule has 3 aromatic rings. The van der Waals surface area contributed by atoms with Crippen LogP contribution in [0.15, 0.2) is 32.9 Å². The van der Waals surface area contributed by atoms with Crippen molar-refractivity contribution in [2.45, 2.75) is 31.2 Å². The zero-order valence-electron chi connectivity index (χ0n) is 17.2. The highest BCUT2D eigenvalue weighted by atomic mass is 35.5. The number of carbonyl (C=O) groups is 1. The van der Waals surface area contributed by atoms with Crippen LogP contribution in [-0.4, -0.2) is 35.7 Å². The summed E-state index contributed by atoms with van der Waals surface area (Å²) in [5.74, 6) is 0.513. The quantitative estimate of drug-likeness (QED) is 0.480. The topological polar surface area (TPSA) is 112 Å². The maximum atomic E-state index is 12.8. The number of hydrogen-bond acceptors (Lipinski definition) is 7. The fourth-order valence-corrected chi connectivity index (χ4v) is 3.56. The van der Waals surface area contributed by atoms with Crippen LogP contribution < -0.4 is 16.6 Å². The molecule has 3 heterocycles. The molecule has 11 heteroatoms. The van der Waals surface area contributed by atoms with Crippen molar-refractivity contribution >= 4 is 46.1 Å². The monoisotopic (exact) mass is 448 g/mol. The highest BCUT2D eigenvalue weighted by molar-refractivity contribution is 8.00. The molecule has 9 nitrogen and oxygen atoms in total. The molecule has 0 aliphatic rings. The van der Waals surface area contributed by atoms with Crippen molar-refractivity contribution < 1.29 is 4.79 Å². The van der Waals surface area contributed by atoms with Crippen LogP contribution in [0.3, 0.4) is 0 Å². The third-order valence-electron chi connectivity index (χ3n) is 4.27. The second-order valence-electron chi connectivity index (χ2n) is 7.71. The van der Waals surface area contributed by atoms with Gasteiger partial charge in [-0.3, -0.25) is 18.7 Å². The molecule has 158 valence electrons. The van der Waals surface area contributed by atoms with Gasteiger partial charge in [-0.15, -0.1) is 0 Å². The molecular formula is C19H21ClN6O3S. The number of rotatable bonds is 4. The minimum atomic E-state index is -0.504. The molecular weight excluding hydrogens is 428 g/mol. The first-order chi connectivity index (χ1) is 14.0. The smallest absolute Gasteiger partial charge is 0.310 e. The van der Waals surface area contributed by atoms with E-state index in [4.69, 9.17) is 11.6 Å². The van der Waals surface area contributed by atoms with Gasteiger partial charge in [0.1, 0.15) is 22.1 Å². The lowest BCUT2D eigenvalue weighted by atomic mass is 9.96. The third kappa shape index (κ3) is 4.39. The third-order valence-corrected chi connectivity index (χ3v) is 5.47. The Labute approximate surface area is 181 Å². The number of nitrogens with one attached hydrogen (secondary N) is 1. The molecule has 0 aliphatic carbocycles. The summed E-state index contributed by atoms with van der Waals surface area (Å²) in [4.78, 5) is 50.6. The van der Waals surface area contributed by atoms with Crippen LogP contribution >= 0.6 is 23.4 Å². The first kappa shape index (κ1) is 22.0. The average Bonchev–Trinajstić information content (AvgIpc) is 2.69. The van der Waals surface area contributed by atoms with Crippen molar-refractivity contribution in [3.63, 3.8) is 0 Å². The summed E-state index contributed by atoms with van der Waals surface area (Å²) in [5.41, 5.74) is -1.16. The standard InChI is InChI=1S/C19H21ClN6O3S/c1-19(2,3)17-23-14-13(16(28)26(5)18(29)25(14)4)15(24-17)30-9-12(27)22-11-7-6-10(20)8-21-11/h6-8H,9H2,1-5H3,(H,21,22,27). The fourth-order valence-electron chi connectivity index (χ4n) is 2.63. The van der Waals surface area contributed by atoms with E-state index in [1.807, 2.05) is 20.8 Å². The first-order valence-electron chi connectivity index (χ1n) is 9.01. The molecule has 0 unspecified atom stereocenters. The molecule has 0 radical (unpaired) electrons. The molecule has 0 atom stereocenters. The molecule has 0 aliphatic heterocycles. The molecule has 0 spiro atoms. The molecule has 0 fully saturated rings. The lowest BCUT2D eigenvalue weighted by Crippen LogP contribution is -2.38. The summed E-state index contributed by atoms with van der Waals surface area (Å²) in [6.07, 6.45) is 1.43. The minimum absolute atomic E-state index is 0.00794. The SMILES string of the molecule is Cn1c(=O)c2c(SCC(=O)Nc3ccc(Cl)cn3)nc(C(C)(C)C)nc2n(C)c1=O. The van der Waals surface area contributed by atoms with Gasteiger partial charge in [-0.2, -0.15) is 0 Å². The lowest BCUT2D eigenvalue weighted by molar-refractivity contribution is -0.113. The van der Waals surface area contributed by atoms with E-state index in [2.05, 4.69) is 20.3 Å². The van der Waals surface area contributed by atoms with Crippen LogP contribution in [0.4, 0.5) is 5.82 Å². The van der Waals surface area contributed by atoms with Crippen LogP contribution in [0.25, 0.3) is 11.0 Å². The van der Waals surface area contributed by atoms with Gasteiger partial charge in [-0.25, -0.2) is 19.7 Å². The first-order valence-corrected chi connectivity index (χ1v) is 10.4. The van der Waals surface area contributed by atoms with E-state index >= 15 is 0 Å². The Morgan fingerprint density at radius 2 is 1.87 bits per heavy atom. The largest absolute Gasteiger partial charge is 0.332 e. The minimum Gasteiger partial charge on any atom is -0.310 e. The van der Waals surface area contributed by atoms with E-state index in [0.717, 1.165) is 16.3 Å². The maximum absolute atomic E-state index is 12.8. The van der Waals surface area contributed by atoms with E-state index in [9.17, 15) is 14.4 Å². The maximum Gasteiger partial charge on any atom is 0.332 e. The summed E-state index contributed by atoms with van der Waals surface area (Å²) in [5, 5.41) is 3.68. The normalized spacial score (nSPS) is 11.7. The number of amides is 1. The number of hydrogen-bond donors (Lipinski definition) is 1. The van der Waals surface area contributed by atoms with Crippen molar-refractivity contribution in [3.8, 4) is 0 Å². The Morgan fingerprint density at radius 1 is 1.17 bits per heavy atom. The summed E-state index contributed by atoms with van der Waals surface area (Å²) < 4.78 is 2.32. The molecule has 0 saturated carbocycles. The zero-order valence-corrected chi connectivity index (χ0v) is 18.8. The molecule has 0 bridgehead atoms. The van der Waals surface area contributed by atoms with Crippen LogP contribution in [0.2, 0.25) is 5.02 Å². The highest BCUT2D eigenvalue weighted by Gasteiger charge is 2.24. The van der Waals surface area contributed by atoms with E-state index in [1.165, 1.54) is 17.8 Å². The fraction of sp³-hybridized carbons (Fsp3) is 0.368. The molecule has 3 aromatic heterocycles. The van der Waals surface area contributed by atoms with Gasteiger partial charge in [0.05, 0.1) is 10.8 Å². The Hall–Kier alpha value is -2.72. The number of carbonyl (C=O) groups excluding carboxylic acids is 1. The molecule has 1 amide bonds. The van der Waals surface area contributed by atoms with Crippen LogP contribution in [0, 0.1) is 0 Å². The van der Waals surface area contributed by atoms with Crippen molar-refractivity contribution in [1.82, 2.24) is 24.1 Å². The number of thioether (sulfide) groups is 1. The molecule has 3 rings (SSSR count). The van der Waals surface area contributed by atoms with E-state index in [0.29, 0.717) is 21.7 Å². The van der Waals surface area contributed by atoms with Crippen molar-refractivity contribution in [1.29, 1.82) is 0 Å². The number of halogens is 1. The van der Waals surface area contributed by atoms with Gasteiger partial charge in [0, 0.05) is 25.7 Å². The van der Waals surface area contributed by atoms with E-state index in [1.54, 1.807) is 19.2 Å². The summed E-state index contributed by atoms with van der Waals surface area (Å²) in [6, 6.07) is 3.21. The zero-order chi connectivity index (χ0) is 22.2. The Balaban J connectivity index is 2.01. The average molecular weight is 449 g/mol. The van der Waals surface area contributed by atoms with Gasteiger partial charge in [-0.05, 0) is 12.1 Å². The summed E-state index contributed by atoms with van der Waals surface area (Å²) in [6.45, 7) is 5.79. The number of nitrogens with zero attached hydrogens (tertiary/aromatic N) is 5. The van der Waals surface area contributed by atoms with Crippen molar-refractivity contribution in [2.24, 2.45) is 14.1 Å². The van der Waals surface area contributed by atoms with Gasteiger partial charge in [0.15, 0.2) is 5.65 Å². The summed E-state index contributed by atoms with van der Waals surface area (Å²) >= 11 is 6.90. The van der Waals surface area contributed by atoms with Gasteiger partial charge in [-0.1, -0.05) is 44.1 Å². The van der Waals surface area contributed by atoms with Gasteiger partial charge in [0.2, 0.25) is 5.91 Å². The molecule has 0 saturated heterocycles. The molecule has 30 heavy (non-hydrogen) atoms. The predicted molar refractivity (Wildman–Crippen MR) is 117 cm³/mol. The number of pyridine rings is 1. The van der Waals surface area contributed by atoms with Crippen molar-refractivity contribution in [2.75, 3.05) is 11.1 Å². The Bertz CT molecular complexity index is 1240. The van der Waals surface area contributed by atoms with Crippen LogP contribution in [0.5, 0.6) is 0 Å². The number of aromatic nitrogens is 5. The van der Waals surface area contributed by atoms with Gasteiger partial charge >= 0.3 is 5.69 Å².